The highest BCUT2D eigenvalue weighted by molar-refractivity contribution is 5.97. The van der Waals surface area contributed by atoms with Crippen molar-refractivity contribution in [3.05, 3.63) is 66.2 Å². The third kappa shape index (κ3) is 3.69. The number of carbonyl (C=O) groups excluding carboxylic acids is 1. The molecule has 1 heterocycles. The number of anilines is 5. The lowest BCUT2D eigenvalue weighted by Crippen LogP contribution is -2.09. The van der Waals surface area contributed by atoms with Crippen molar-refractivity contribution < 1.29 is 13.9 Å². The standard InChI is InChI=1S/C18H16FN5O2/c1-26-18(25)13-4-2-3-5-14(13)24-17-15(20)16(21-10-22-17)23-12-8-6-11(19)7-9-12/h2-10H,20H2,1H3,(H2,21,22,23,24). The predicted octanol–water partition coefficient (Wildman–Crippen LogP) is 3.47. The number of esters is 1. The average Bonchev–Trinajstić information content (AvgIpc) is 2.66. The van der Waals surface area contributed by atoms with Gasteiger partial charge in [0, 0.05) is 5.69 Å². The second-order valence-electron chi connectivity index (χ2n) is 5.28. The van der Waals surface area contributed by atoms with Crippen LogP contribution in [0, 0.1) is 5.82 Å². The summed E-state index contributed by atoms with van der Waals surface area (Å²) < 4.78 is 17.8. The fraction of sp³-hybridized carbons (Fsp3) is 0.0556. The summed E-state index contributed by atoms with van der Waals surface area (Å²) in [6.45, 7) is 0. The highest BCUT2D eigenvalue weighted by Gasteiger charge is 2.14. The summed E-state index contributed by atoms with van der Waals surface area (Å²) in [5, 5.41) is 6.01. The van der Waals surface area contributed by atoms with Gasteiger partial charge in [-0.1, -0.05) is 12.1 Å². The molecule has 4 N–H and O–H groups in total. The van der Waals surface area contributed by atoms with Crippen molar-refractivity contribution in [2.45, 2.75) is 0 Å². The molecule has 3 aromatic rings. The van der Waals surface area contributed by atoms with Crippen LogP contribution in [0.25, 0.3) is 0 Å². The molecule has 0 aliphatic carbocycles. The Bertz CT molecular complexity index is 931. The SMILES string of the molecule is COC(=O)c1ccccc1Nc1ncnc(Nc2ccc(F)cc2)c1N. The summed E-state index contributed by atoms with van der Waals surface area (Å²) >= 11 is 0. The van der Waals surface area contributed by atoms with E-state index in [1.54, 1.807) is 36.4 Å². The molecule has 3 rings (SSSR count). The van der Waals surface area contributed by atoms with Gasteiger partial charge in [0.2, 0.25) is 0 Å². The number of rotatable bonds is 5. The van der Waals surface area contributed by atoms with E-state index >= 15 is 0 Å². The van der Waals surface area contributed by atoms with Crippen LogP contribution >= 0.6 is 0 Å². The quantitative estimate of drug-likeness (QED) is 0.604. The number of nitrogens with zero attached hydrogens (tertiary/aromatic N) is 2. The van der Waals surface area contributed by atoms with Crippen molar-refractivity contribution in [1.29, 1.82) is 0 Å². The van der Waals surface area contributed by atoms with Gasteiger partial charge in [0.25, 0.3) is 0 Å². The lowest BCUT2D eigenvalue weighted by atomic mass is 10.2. The van der Waals surface area contributed by atoms with Crippen LogP contribution in [0.3, 0.4) is 0 Å². The highest BCUT2D eigenvalue weighted by atomic mass is 19.1. The molecule has 0 saturated heterocycles. The molecule has 0 amide bonds. The summed E-state index contributed by atoms with van der Waals surface area (Å²) in [4.78, 5) is 20.1. The molecule has 0 bridgehead atoms. The van der Waals surface area contributed by atoms with Crippen LogP contribution in [0.2, 0.25) is 0 Å². The Morgan fingerprint density at radius 1 is 1.04 bits per heavy atom. The largest absolute Gasteiger partial charge is 0.465 e. The Kier molecular flexibility index (Phi) is 4.93. The summed E-state index contributed by atoms with van der Waals surface area (Å²) in [7, 11) is 1.31. The average molecular weight is 353 g/mol. The first-order valence-corrected chi connectivity index (χ1v) is 7.66. The van der Waals surface area contributed by atoms with E-state index in [1.165, 1.54) is 25.6 Å². The number of ether oxygens (including phenoxy) is 1. The first kappa shape index (κ1) is 17.2. The maximum atomic E-state index is 13.0. The van der Waals surface area contributed by atoms with Gasteiger partial charge in [0.1, 0.15) is 17.8 Å². The Balaban J connectivity index is 1.88. The second kappa shape index (κ2) is 7.47. The van der Waals surface area contributed by atoms with Crippen molar-refractivity contribution >= 4 is 34.7 Å². The number of aromatic nitrogens is 2. The molecule has 132 valence electrons. The smallest absolute Gasteiger partial charge is 0.339 e. The molecule has 8 heteroatoms. The molecule has 0 atom stereocenters. The van der Waals surface area contributed by atoms with Crippen LogP contribution in [-0.2, 0) is 4.74 Å². The van der Waals surface area contributed by atoms with Gasteiger partial charge in [-0.25, -0.2) is 19.2 Å². The molecular formula is C18H16FN5O2. The zero-order valence-corrected chi connectivity index (χ0v) is 13.9. The number of nitrogens with two attached hydrogens (primary N) is 1. The van der Waals surface area contributed by atoms with Crippen LogP contribution in [-0.4, -0.2) is 23.0 Å². The fourth-order valence-corrected chi connectivity index (χ4v) is 2.27. The number of para-hydroxylation sites is 1. The van der Waals surface area contributed by atoms with E-state index < -0.39 is 5.97 Å². The van der Waals surface area contributed by atoms with E-state index in [-0.39, 0.29) is 11.5 Å². The minimum absolute atomic E-state index is 0.247. The predicted molar refractivity (Wildman–Crippen MR) is 97.2 cm³/mol. The molecule has 0 aliphatic heterocycles. The van der Waals surface area contributed by atoms with Gasteiger partial charge in [-0.3, -0.25) is 0 Å². The van der Waals surface area contributed by atoms with Gasteiger partial charge in [0.05, 0.1) is 18.4 Å². The number of carbonyl (C=O) groups is 1. The molecule has 0 aliphatic rings. The number of nitrogens with one attached hydrogen (secondary N) is 2. The number of methoxy groups -OCH3 is 1. The van der Waals surface area contributed by atoms with Crippen LogP contribution < -0.4 is 16.4 Å². The Morgan fingerprint density at radius 3 is 2.38 bits per heavy atom. The summed E-state index contributed by atoms with van der Waals surface area (Å²) in [6, 6.07) is 12.6. The Morgan fingerprint density at radius 2 is 1.69 bits per heavy atom. The van der Waals surface area contributed by atoms with E-state index in [4.69, 9.17) is 10.5 Å². The number of hydrogen-bond acceptors (Lipinski definition) is 7. The van der Waals surface area contributed by atoms with Crippen LogP contribution in [0.4, 0.5) is 33.1 Å². The minimum atomic E-state index is -0.481. The molecule has 0 unspecified atom stereocenters. The van der Waals surface area contributed by atoms with Gasteiger partial charge in [-0.05, 0) is 36.4 Å². The molecule has 0 saturated carbocycles. The summed E-state index contributed by atoms with van der Waals surface area (Å²) in [5.74, 6) is -0.149. The van der Waals surface area contributed by atoms with Crippen molar-refractivity contribution in [3.63, 3.8) is 0 Å². The zero-order valence-electron chi connectivity index (χ0n) is 13.9. The first-order valence-electron chi connectivity index (χ1n) is 7.66. The van der Waals surface area contributed by atoms with Gasteiger partial charge in [-0.2, -0.15) is 0 Å². The molecule has 0 fully saturated rings. The van der Waals surface area contributed by atoms with E-state index in [9.17, 15) is 9.18 Å². The van der Waals surface area contributed by atoms with E-state index in [0.717, 1.165) is 0 Å². The van der Waals surface area contributed by atoms with Crippen molar-refractivity contribution in [2.24, 2.45) is 0 Å². The van der Waals surface area contributed by atoms with Crippen molar-refractivity contribution in [1.82, 2.24) is 9.97 Å². The lowest BCUT2D eigenvalue weighted by Gasteiger charge is -2.14. The third-order valence-electron chi connectivity index (χ3n) is 3.58. The monoisotopic (exact) mass is 353 g/mol. The molecule has 0 radical (unpaired) electrons. The van der Waals surface area contributed by atoms with Crippen molar-refractivity contribution in [2.75, 3.05) is 23.5 Å². The van der Waals surface area contributed by atoms with Crippen LogP contribution in [0.1, 0.15) is 10.4 Å². The second-order valence-corrected chi connectivity index (χ2v) is 5.28. The highest BCUT2D eigenvalue weighted by Crippen LogP contribution is 2.29. The molecule has 26 heavy (non-hydrogen) atoms. The molecule has 1 aromatic heterocycles. The number of benzene rings is 2. The van der Waals surface area contributed by atoms with E-state index in [0.29, 0.717) is 28.6 Å². The normalized spacial score (nSPS) is 10.2. The Hall–Kier alpha value is -3.68. The number of nitrogen functional groups attached to an aromatic ring is 1. The van der Waals surface area contributed by atoms with Crippen LogP contribution in [0.5, 0.6) is 0 Å². The van der Waals surface area contributed by atoms with Gasteiger partial charge in [0.15, 0.2) is 11.6 Å². The lowest BCUT2D eigenvalue weighted by molar-refractivity contribution is 0.0602. The molecule has 0 spiro atoms. The number of halogens is 1. The maximum Gasteiger partial charge on any atom is 0.339 e. The molecule has 7 nitrogen and oxygen atoms in total. The minimum Gasteiger partial charge on any atom is -0.465 e. The topological polar surface area (TPSA) is 102 Å². The molecular weight excluding hydrogens is 337 g/mol. The Labute approximate surface area is 149 Å². The van der Waals surface area contributed by atoms with E-state index in [1.807, 2.05) is 0 Å². The van der Waals surface area contributed by atoms with E-state index in [2.05, 4.69) is 20.6 Å². The molecule has 2 aromatic carbocycles. The van der Waals surface area contributed by atoms with Gasteiger partial charge < -0.3 is 21.1 Å². The van der Waals surface area contributed by atoms with Gasteiger partial charge >= 0.3 is 5.97 Å². The fourth-order valence-electron chi connectivity index (χ4n) is 2.27. The summed E-state index contributed by atoms with van der Waals surface area (Å²) in [5.41, 5.74) is 7.84. The van der Waals surface area contributed by atoms with Crippen molar-refractivity contribution in [3.8, 4) is 0 Å². The van der Waals surface area contributed by atoms with Crippen LogP contribution in [0.15, 0.2) is 54.9 Å². The summed E-state index contributed by atoms with van der Waals surface area (Å²) in [6.07, 6.45) is 1.32. The van der Waals surface area contributed by atoms with Gasteiger partial charge in [-0.15, -0.1) is 0 Å². The zero-order chi connectivity index (χ0) is 18.5. The first-order chi connectivity index (χ1) is 12.6. The number of hydrogen-bond donors (Lipinski definition) is 3. The third-order valence-corrected chi connectivity index (χ3v) is 3.58. The maximum absolute atomic E-state index is 13.0.